The van der Waals surface area contributed by atoms with Crippen LogP contribution < -0.4 is 0 Å². The molecular formula is C14H26N2O3. The fourth-order valence-electron chi connectivity index (χ4n) is 2.49. The minimum Gasteiger partial charge on any atom is -0.481 e. The first kappa shape index (κ1) is 15.8. The summed E-state index contributed by atoms with van der Waals surface area (Å²) >= 11 is 0. The van der Waals surface area contributed by atoms with Crippen LogP contribution >= 0.6 is 0 Å². The van der Waals surface area contributed by atoms with Gasteiger partial charge in [0, 0.05) is 25.7 Å². The molecule has 1 fully saturated rings. The van der Waals surface area contributed by atoms with Gasteiger partial charge in [-0.2, -0.15) is 0 Å². The Kier molecular flexibility index (Phi) is 6.12. The molecule has 0 saturated carbocycles. The molecule has 0 spiro atoms. The van der Waals surface area contributed by atoms with E-state index in [9.17, 15) is 9.59 Å². The fourth-order valence-corrected chi connectivity index (χ4v) is 2.49. The Bertz CT molecular complexity index is 320. The van der Waals surface area contributed by atoms with Gasteiger partial charge >= 0.3 is 12.0 Å². The van der Waals surface area contributed by atoms with E-state index in [0.717, 1.165) is 19.4 Å². The Morgan fingerprint density at radius 1 is 1.37 bits per heavy atom. The molecule has 2 atom stereocenters. The monoisotopic (exact) mass is 270 g/mol. The molecule has 5 heteroatoms. The van der Waals surface area contributed by atoms with E-state index in [2.05, 4.69) is 6.92 Å². The number of carboxylic acid groups (broad SMARTS) is 1. The van der Waals surface area contributed by atoms with Crippen LogP contribution in [0, 0.1) is 5.92 Å². The van der Waals surface area contributed by atoms with Gasteiger partial charge in [0.1, 0.15) is 0 Å². The van der Waals surface area contributed by atoms with Gasteiger partial charge in [-0.15, -0.1) is 0 Å². The second-order valence-corrected chi connectivity index (χ2v) is 5.45. The summed E-state index contributed by atoms with van der Waals surface area (Å²) in [5.41, 5.74) is 0. The summed E-state index contributed by atoms with van der Waals surface area (Å²) in [5, 5.41) is 8.96. The Morgan fingerprint density at radius 2 is 2.05 bits per heavy atom. The first-order valence-electron chi connectivity index (χ1n) is 7.25. The number of aliphatic carboxylic acids is 1. The van der Waals surface area contributed by atoms with Gasteiger partial charge in [-0.1, -0.05) is 19.8 Å². The third-order valence-corrected chi connectivity index (χ3v) is 3.87. The summed E-state index contributed by atoms with van der Waals surface area (Å²) in [6.45, 7) is 7.25. The van der Waals surface area contributed by atoms with Gasteiger partial charge in [0.25, 0.3) is 0 Å². The highest BCUT2D eigenvalue weighted by molar-refractivity contribution is 5.76. The number of nitrogens with zero attached hydrogens (tertiary/aromatic N) is 2. The van der Waals surface area contributed by atoms with Gasteiger partial charge in [-0.3, -0.25) is 4.79 Å². The summed E-state index contributed by atoms with van der Waals surface area (Å²) in [6.07, 6.45) is 4.42. The van der Waals surface area contributed by atoms with Gasteiger partial charge in [-0.25, -0.2) is 4.79 Å². The van der Waals surface area contributed by atoms with E-state index >= 15 is 0 Å². The Hall–Kier alpha value is -1.26. The Labute approximate surface area is 115 Å². The molecule has 19 heavy (non-hydrogen) atoms. The third kappa shape index (κ3) is 4.40. The summed E-state index contributed by atoms with van der Waals surface area (Å²) < 4.78 is 0. The van der Waals surface area contributed by atoms with Crippen LogP contribution in [0.15, 0.2) is 0 Å². The third-order valence-electron chi connectivity index (χ3n) is 3.87. The maximum Gasteiger partial charge on any atom is 0.320 e. The summed E-state index contributed by atoms with van der Waals surface area (Å²) in [5.74, 6) is -1.37. The average molecular weight is 270 g/mol. The van der Waals surface area contributed by atoms with Crippen LogP contribution in [-0.2, 0) is 4.79 Å². The molecule has 0 aromatic rings. The van der Waals surface area contributed by atoms with E-state index in [1.165, 1.54) is 12.8 Å². The molecule has 1 N–H and O–H groups in total. The van der Waals surface area contributed by atoms with Gasteiger partial charge in [0.15, 0.2) is 0 Å². The predicted octanol–water partition coefficient (Wildman–Crippen LogP) is 2.41. The molecule has 0 bridgehead atoms. The SMILES string of the molecule is CCN(CC(C)C(=O)O)C(=O)N1CCCCCC1C. The van der Waals surface area contributed by atoms with E-state index in [4.69, 9.17) is 5.11 Å². The molecule has 0 radical (unpaired) electrons. The lowest BCUT2D eigenvalue weighted by Gasteiger charge is -2.33. The summed E-state index contributed by atoms with van der Waals surface area (Å²) in [6, 6.07) is 0.245. The Balaban J connectivity index is 2.68. The number of carbonyl (C=O) groups excluding carboxylic acids is 1. The minimum atomic E-state index is -0.852. The van der Waals surface area contributed by atoms with Crippen LogP contribution in [0.5, 0.6) is 0 Å². The van der Waals surface area contributed by atoms with E-state index in [1.807, 2.05) is 11.8 Å². The number of carbonyl (C=O) groups is 2. The van der Waals surface area contributed by atoms with Crippen LogP contribution in [0.3, 0.4) is 0 Å². The maximum atomic E-state index is 12.5. The zero-order valence-electron chi connectivity index (χ0n) is 12.3. The zero-order chi connectivity index (χ0) is 14.4. The quantitative estimate of drug-likeness (QED) is 0.853. The lowest BCUT2D eigenvalue weighted by Crippen LogP contribution is -2.48. The lowest BCUT2D eigenvalue weighted by atomic mass is 10.1. The maximum absolute atomic E-state index is 12.5. The van der Waals surface area contributed by atoms with E-state index < -0.39 is 11.9 Å². The molecule has 1 heterocycles. The zero-order valence-corrected chi connectivity index (χ0v) is 12.3. The van der Waals surface area contributed by atoms with Crippen molar-refractivity contribution in [3.8, 4) is 0 Å². The molecule has 2 unspecified atom stereocenters. The van der Waals surface area contributed by atoms with Gasteiger partial charge in [-0.05, 0) is 26.7 Å². The highest BCUT2D eigenvalue weighted by Gasteiger charge is 2.27. The largest absolute Gasteiger partial charge is 0.481 e. The number of hydrogen-bond acceptors (Lipinski definition) is 2. The normalized spacial score (nSPS) is 21.6. The van der Waals surface area contributed by atoms with Crippen LogP contribution in [0.25, 0.3) is 0 Å². The standard InChI is InChI=1S/C14H26N2O3/c1-4-15(10-11(2)13(17)18)14(19)16-9-7-5-6-8-12(16)3/h11-12H,4-10H2,1-3H3,(H,17,18). The molecule has 1 aliphatic heterocycles. The second kappa shape index (κ2) is 7.36. The van der Waals surface area contributed by atoms with E-state index in [-0.39, 0.29) is 18.6 Å². The number of urea groups is 1. The molecule has 5 nitrogen and oxygen atoms in total. The second-order valence-electron chi connectivity index (χ2n) is 5.45. The first-order valence-corrected chi connectivity index (χ1v) is 7.25. The molecule has 1 saturated heterocycles. The number of hydrogen-bond donors (Lipinski definition) is 1. The Morgan fingerprint density at radius 3 is 2.63 bits per heavy atom. The number of likely N-dealkylation sites (tertiary alicyclic amines) is 1. The highest BCUT2D eigenvalue weighted by atomic mass is 16.4. The topological polar surface area (TPSA) is 60.9 Å². The van der Waals surface area contributed by atoms with Crippen LogP contribution in [0.1, 0.15) is 46.5 Å². The van der Waals surface area contributed by atoms with Crippen LogP contribution in [0.2, 0.25) is 0 Å². The van der Waals surface area contributed by atoms with E-state index in [1.54, 1.807) is 11.8 Å². The van der Waals surface area contributed by atoms with Crippen molar-refractivity contribution in [3.63, 3.8) is 0 Å². The predicted molar refractivity (Wildman–Crippen MR) is 74.1 cm³/mol. The molecule has 0 aromatic heterocycles. The molecule has 2 amide bonds. The molecule has 0 aromatic carbocycles. The van der Waals surface area contributed by atoms with Crippen molar-refractivity contribution < 1.29 is 14.7 Å². The molecule has 0 aliphatic carbocycles. The molecule has 1 rings (SSSR count). The number of rotatable bonds is 4. The lowest BCUT2D eigenvalue weighted by molar-refractivity contribution is -0.141. The fraction of sp³-hybridized carbons (Fsp3) is 0.857. The number of amides is 2. The highest BCUT2D eigenvalue weighted by Crippen LogP contribution is 2.18. The smallest absolute Gasteiger partial charge is 0.320 e. The van der Waals surface area contributed by atoms with Crippen molar-refractivity contribution in [1.82, 2.24) is 9.80 Å². The van der Waals surface area contributed by atoms with Crippen LogP contribution in [-0.4, -0.2) is 52.6 Å². The van der Waals surface area contributed by atoms with Crippen molar-refractivity contribution in [2.45, 2.75) is 52.5 Å². The summed E-state index contributed by atoms with van der Waals surface area (Å²) in [4.78, 5) is 27.0. The van der Waals surface area contributed by atoms with Crippen molar-refractivity contribution in [2.75, 3.05) is 19.6 Å². The van der Waals surface area contributed by atoms with Crippen LogP contribution in [0.4, 0.5) is 4.79 Å². The summed E-state index contributed by atoms with van der Waals surface area (Å²) in [7, 11) is 0. The van der Waals surface area contributed by atoms with E-state index in [0.29, 0.717) is 6.54 Å². The van der Waals surface area contributed by atoms with Gasteiger partial charge in [0.05, 0.1) is 5.92 Å². The molecular weight excluding hydrogens is 244 g/mol. The van der Waals surface area contributed by atoms with Gasteiger partial charge < -0.3 is 14.9 Å². The van der Waals surface area contributed by atoms with Crippen molar-refractivity contribution in [1.29, 1.82) is 0 Å². The number of carboxylic acids is 1. The van der Waals surface area contributed by atoms with Crippen molar-refractivity contribution in [3.05, 3.63) is 0 Å². The average Bonchev–Trinajstić information content (AvgIpc) is 2.59. The van der Waals surface area contributed by atoms with Crippen molar-refractivity contribution >= 4 is 12.0 Å². The first-order chi connectivity index (χ1) is 8.97. The minimum absolute atomic E-state index is 0.00926. The van der Waals surface area contributed by atoms with Crippen molar-refractivity contribution in [2.24, 2.45) is 5.92 Å². The van der Waals surface area contributed by atoms with Gasteiger partial charge in [0.2, 0.25) is 0 Å². The molecule has 1 aliphatic rings. The molecule has 110 valence electrons.